The average molecular weight is 289 g/mol. The molecular formula is C16H19NO4. The van der Waals surface area contributed by atoms with Crippen molar-refractivity contribution in [3.05, 3.63) is 42.0 Å². The monoisotopic (exact) mass is 289 g/mol. The molecule has 112 valence electrons. The summed E-state index contributed by atoms with van der Waals surface area (Å²) in [5.74, 6) is -1.77. The van der Waals surface area contributed by atoms with Crippen LogP contribution in [-0.4, -0.2) is 47.7 Å². The zero-order valence-electron chi connectivity index (χ0n) is 11.9. The second kappa shape index (κ2) is 7.04. The second-order valence-electron chi connectivity index (χ2n) is 4.92. The van der Waals surface area contributed by atoms with Crippen LogP contribution in [0.1, 0.15) is 12.5 Å². The zero-order chi connectivity index (χ0) is 15.2. The molecule has 0 saturated carbocycles. The smallest absolute Gasteiger partial charge is 0.311 e. The Hall–Kier alpha value is -2.14. The highest BCUT2D eigenvalue weighted by molar-refractivity contribution is 5.92. The maximum absolute atomic E-state index is 12.3. The number of amides is 1. The number of carboxylic acids is 1. The molecule has 2 unspecified atom stereocenters. The first kappa shape index (κ1) is 15.3. The Balaban J connectivity index is 2.08. The molecule has 1 heterocycles. The molecule has 5 nitrogen and oxygen atoms in total. The number of carboxylic acid groups (broad SMARTS) is 1. The van der Waals surface area contributed by atoms with Gasteiger partial charge in [0.1, 0.15) is 5.92 Å². The third-order valence-corrected chi connectivity index (χ3v) is 3.61. The Labute approximate surface area is 123 Å². The van der Waals surface area contributed by atoms with Crippen molar-refractivity contribution in [2.75, 3.05) is 19.8 Å². The molecule has 0 aliphatic carbocycles. The number of benzene rings is 1. The van der Waals surface area contributed by atoms with Crippen molar-refractivity contribution < 1.29 is 19.4 Å². The van der Waals surface area contributed by atoms with Gasteiger partial charge in [0.25, 0.3) is 0 Å². The minimum absolute atomic E-state index is 0.159. The van der Waals surface area contributed by atoms with Gasteiger partial charge in [0, 0.05) is 12.6 Å². The molecule has 1 amide bonds. The van der Waals surface area contributed by atoms with E-state index in [-0.39, 0.29) is 19.1 Å². The number of carbonyl (C=O) groups is 2. The minimum atomic E-state index is -0.921. The first-order valence-electron chi connectivity index (χ1n) is 6.97. The van der Waals surface area contributed by atoms with Gasteiger partial charge < -0.3 is 14.7 Å². The molecule has 5 heteroatoms. The van der Waals surface area contributed by atoms with Crippen molar-refractivity contribution in [3.8, 4) is 0 Å². The van der Waals surface area contributed by atoms with Crippen LogP contribution in [0.5, 0.6) is 0 Å². The Morgan fingerprint density at radius 3 is 2.67 bits per heavy atom. The molecular weight excluding hydrogens is 270 g/mol. The average Bonchev–Trinajstić information content (AvgIpc) is 2.96. The summed E-state index contributed by atoms with van der Waals surface area (Å²) in [5.41, 5.74) is 0.930. The first-order chi connectivity index (χ1) is 10.1. The van der Waals surface area contributed by atoms with Gasteiger partial charge >= 0.3 is 5.97 Å². The lowest BCUT2D eigenvalue weighted by Crippen LogP contribution is -2.45. The Morgan fingerprint density at radius 2 is 2.05 bits per heavy atom. The second-order valence-corrected chi connectivity index (χ2v) is 4.92. The van der Waals surface area contributed by atoms with Gasteiger partial charge in [0.15, 0.2) is 0 Å². The normalized spacial score (nSPS) is 21.6. The van der Waals surface area contributed by atoms with E-state index < -0.39 is 17.9 Å². The molecule has 21 heavy (non-hydrogen) atoms. The van der Waals surface area contributed by atoms with Crippen molar-refractivity contribution >= 4 is 18.0 Å². The third kappa shape index (κ3) is 3.70. The Morgan fingerprint density at radius 1 is 1.33 bits per heavy atom. The van der Waals surface area contributed by atoms with E-state index in [9.17, 15) is 14.7 Å². The molecule has 2 rings (SSSR count). The van der Waals surface area contributed by atoms with Crippen LogP contribution in [0.15, 0.2) is 36.4 Å². The van der Waals surface area contributed by atoms with Crippen LogP contribution in [0.4, 0.5) is 0 Å². The van der Waals surface area contributed by atoms with Crippen molar-refractivity contribution in [3.63, 3.8) is 0 Å². The molecule has 1 fully saturated rings. The number of ether oxygens (including phenoxy) is 1. The molecule has 1 aliphatic rings. The van der Waals surface area contributed by atoms with Crippen molar-refractivity contribution in [1.29, 1.82) is 0 Å². The van der Waals surface area contributed by atoms with Gasteiger partial charge in [-0.05, 0) is 18.6 Å². The Bertz CT molecular complexity index is 526. The maximum Gasteiger partial charge on any atom is 0.311 e. The van der Waals surface area contributed by atoms with Crippen LogP contribution in [-0.2, 0) is 14.3 Å². The molecule has 1 aliphatic heterocycles. The predicted molar refractivity (Wildman–Crippen MR) is 78.6 cm³/mol. The molecule has 1 aromatic rings. The lowest BCUT2D eigenvalue weighted by atomic mass is 10.0. The molecule has 0 radical (unpaired) electrons. The van der Waals surface area contributed by atoms with Gasteiger partial charge in [-0.3, -0.25) is 9.59 Å². The number of hydrogen-bond acceptors (Lipinski definition) is 3. The summed E-state index contributed by atoms with van der Waals surface area (Å²) in [7, 11) is 0. The van der Waals surface area contributed by atoms with E-state index in [0.29, 0.717) is 6.54 Å². The van der Waals surface area contributed by atoms with Gasteiger partial charge in [-0.25, -0.2) is 0 Å². The van der Waals surface area contributed by atoms with Gasteiger partial charge in [-0.1, -0.05) is 30.3 Å². The van der Waals surface area contributed by atoms with Gasteiger partial charge in [-0.2, -0.15) is 0 Å². The van der Waals surface area contributed by atoms with Crippen LogP contribution < -0.4 is 0 Å². The fourth-order valence-electron chi connectivity index (χ4n) is 2.47. The Kier molecular flexibility index (Phi) is 5.11. The summed E-state index contributed by atoms with van der Waals surface area (Å²) < 4.78 is 5.23. The fourth-order valence-corrected chi connectivity index (χ4v) is 2.47. The molecule has 2 atom stereocenters. The SMILES string of the molecule is CCN(C(=O)C=Cc1ccccc1)C1COCC1C(=O)O. The molecule has 0 aromatic heterocycles. The topological polar surface area (TPSA) is 66.8 Å². The molecule has 1 aromatic carbocycles. The van der Waals surface area contributed by atoms with Crippen LogP contribution >= 0.6 is 0 Å². The van der Waals surface area contributed by atoms with E-state index in [1.54, 1.807) is 11.0 Å². The summed E-state index contributed by atoms with van der Waals surface area (Å²) >= 11 is 0. The van der Waals surface area contributed by atoms with Crippen LogP contribution in [0.25, 0.3) is 6.08 Å². The molecule has 1 saturated heterocycles. The lowest BCUT2D eigenvalue weighted by molar-refractivity contribution is -0.144. The number of rotatable bonds is 5. The van der Waals surface area contributed by atoms with E-state index in [2.05, 4.69) is 0 Å². The molecule has 0 bridgehead atoms. The van der Waals surface area contributed by atoms with E-state index in [4.69, 9.17) is 4.74 Å². The van der Waals surface area contributed by atoms with E-state index >= 15 is 0 Å². The largest absolute Gasteiger partial charge is 0.481 e. The molecule has 0 spiro atoms. The predicted octanol–water partition coefficient (Wildman–Crippen LogP) is 1.65. The van der Waals surface area contributed by atoms with E-state index in [1.165, 1.54) is 6.08 Å². The number of hydrogen-bond donors (Lipinski definition) is 1. The van der Waals surface area contributed by atoms with Crippen molar-refractivity contribution in [2.45, 2.75) is 13.0 Å². The fraction of sp³-hybridized carbons (Fsp3) is 0.375. The van der Waals surface area contributed by atoms with Crippen molar-refractivity contribution in [1.82, 2.24) is 4.90 Å². The number of nitrogens with zero attached hydrogens (tertiary/aromatic N) is 1. The summed E-state index contributed by atoms with van der Waals surface area (Å²) in [6, 6.07) is 9.10. The zero-order valence-corrected chi connectivity index (χ0v) is 11.9. The van der Waals surface area contributed by atoms with Crippen LogP contribution in [0.2, 0.25) is 0 Å². The first-order valence-corrected chi connectivity index (χ1v) is 6.97. The highest BCUT2D eigenvalue weighted by Crippen LogP contribution is 2.20. The van der Waals surface area contributed by atoms with E-state index in [1.807, 2.05) is 37.3 Å². The number of carbonyl (C=O) groups excluding carboxylic acids is 1. The number of likely N-dealkylation sites (N-methyl/N-ethyl adjacent to an activating group) is 1. The summed E-state index contributed by atoms with van der Waals surface area (Å²) in [5, 5.41) is 9.18. The maximum atomic E-state index is 12.3. The third-order valence-electron chi connectivity index (χ3n) is 3.61. The van der Waals surface area contributed by atoms with Crippen molar-refractivity contribution in [2.24, 2.45) is 5.92 Å². The number of aliphatic carboxylic acids is 1. The summed E-state index contributed by atoms with van der Waals surface area (Å²) in [6.45, 7) is 2.73. The molecule has 1 N–H and O–H groups in total. The summed E-state index contributed by atoms with van der Waals surface area (Å²) in [4.78, 5) is 25.1. The minimum Gasteiger partial charge on any atom is -0.481 e. The quantitative estimate of drug-likeness (QED) is 0.837. The highest BCUT2D eigenvalue weighted by atomic mass is 16.5. The van der Waals surface area contributed by atoms with Crippen LogP contribution in [0.3, 0.4) is 0 Å². The van der Waals surface area contributed by atoms with Gasteiger partial charge in [0.2, 0.25) is 5.91 Å². The van der Waals surface area contributed by atoms with Gasteiger partial charge in [-0.15, -0.1) is 0 Å². The lowest BCUT2D eigenvalue weighted by Gasteiger charge is -2.28. The standard InChI is InChI=1S/C16H19NO4/c1-2-17(14-11-21-10-13(14)16(19)20)15(18)9-8-12-6-4-3-5-7-12/h3-9,13-14H,2,10-11H2,1H3,(H,19,20). The van der Waals surface area contributed by atoms with Crippen LogP contribution in [0, 0.1) is 5.92 Å². The summed E-state index contributed by atoms with van der Waals surface area (Å²) in [6.07, 6.45) is 3.21. The van der Waals surface area contributed by atoms with E-state index in [0.717, 1.165) is 5.56 Å². The highest BCUT2D eigenvalue weighted by Gasteiger charge is 2.38. The van der Waals surface area contributed by atoms with Gasteiger partial charge in [0.05, 0.1) is 19.3 Å².